The van der Waals surface area contributed by atoms with E-state index in [9.17, 15) is 19.6 Å². The van der Waals surface area contributed by atoms with E-state index in [1.165, 1.54) is 18.2 Å². The molecule has 1 heterocycles. The van der Waals surface area contributed by atoms with Gasteiger partial charge in [-0.3, -0.25) is 9.59 Å². The molecule has 0 unspecified atom stereocenters. The number of ether oxygens (including phenoxy) is 1. The minimum atomic E-state index is -0.905. The van der Waals surface area contributed by atoms with E-state index in [1.54, 1.807) is 24.3 Å². The molecule has 0 spiro atoms. The van der Waals surface area contributed by atoms with Gasteiger partial charge in [-0.15, -0.1) is 0 Å². The van der Waals surface area contributed by atoms with Crippen LogP contribution in [0.3, 0.4) is 0 Å². The second-order valence-electron chi connectivity index (χ2n) is 6.54. The molecule has 146 valence electrons. The summed E-state index contributed by atoms with van der Waals surface area (Å²) in [6, 6.07) is 11.1. The largest absolute Gasteiger partial charge is 0.618 e. The van der Waals surface area contributed by atoms with Gasteiger partial charge in [-0.25, -0.2) is 4.79 Å². The summed E-state index contributed by atoms with van der Waals surface area (Å²) in [6.45, 7) is -0.577. The number of rotatable bonds is 6. The number of benzene rings is 1. The number of carbonyl (C=O) groups excluding carboxylic acids is 3. The first-order chi connectivity index (χ1) is 13.5. The van der Waals surface area contributed by atoms with Crippen molar-refractivity contribution >= 4 is 23.5 Å². The molecular formula is C20H21N3O5. The van der Waals surface area contributed by atoms with Crippen LogP contribution in [0, 0.1) is 5.21 Å². The number of esters is 1. The number of amides is 2. The Hall–Kier alpha value is -3.42. The Balaban J connectivity index is 1.59. The number of para-hydroxylation sites is 1. The van der Waals surface area contributed by atoms with Crippen molar-refractivity contribution < 1.29 is 23.9 Å². The van der Waals surface area contributed by atoms with E-state index in [-0.39, 0.29) is 17.6 Å². The Morgan fingerprint density at radius 2 is 1.79 bits per heavy atom. The smallest absolute Gasteiger partial charge is 0.405 e. The van der Waals surface area contributed by atoms with Crippen LogP contribution in [0.4, 0.5) is 5.69 Å². The maximum absolute atomic E-state index is 12.5. The summed E-state index contributed by atoms with van der Waals surface area (Å²) in [5.74, 6) is -1.77. The van der Waals surface area contributed by atoms with Crippen molar-refractivity contribution in [1.29, 1.82) is 0 Å². The molecule has 1 aliphatic rings. The van der Waals surface area contributed by atoms with E-state index in [1.807, 2.05) is 0 Å². The molecule has 0 saturated heterocycles. The molecule has 1 aromatic carbocycles. The summed E-state index contributed by atoms with van der Waals surface area (Å²) in [6.07, 6.45) is 5.26. The Labute approximate surface area is 162 Å². The van der Waals surface area contributed by atoms with E-state index in [0.717, 1.165) is 31.9 Å². The summed E-state index contributed by atoms with van der Waals surface area (Å²) in [7, 11) is 0. The van der Waals surface area contributed by atoms with E-state index >= 15 is 0 Å². The third-order valence-corrected chi connectivity index (χ3v) is 4.50. The molecule has 1 saturated carbocycles. The Morgan fingerprint density at radius 1 is 1.07 bits per heavy atom. The predicted octanol–water partition coefficient (Wildman–Crippen LogP) is 1.79. The first kappa shape index (κ1) is 19.3. The van der Waals surface area contributed by atoms with Crippen LogP contribution in [0.15, 0.2) is 48.7 Å². The number of nitrogens with one attached hydrogen (secondary N) is 2. The van der Waals surface area contributed by atoms with Crippen molar-refractivity contribution in [1.82, 2.24) is 5.32 Å². The molecule has 0 radical (unpaired) electrons. The highest BCUT2D eigenvalue weighted by Gasteiger charge is 2.21. The minimum absolute atomic E-state index is 0.155. The number of hydrogen-bond donors (Lipinski definition) is 2. The molecule has 3 rings (SSSR count). The third kappa shape index (κ3) is 4.85. The lowest BCUT2D eigenvalue weighted by Gasteiger charge is -2.15. The van der Waals surface area contributed by atoms with Crippen LogP contribution in [-0.2, 0) is 9.53 Å². The van der Waals surface area contributed by atoms with Gasteiger partial charge < -0.3 is 20.6 Å². The summed E-state index contributed by atoms with van der Waals surface area (Å²) in [4.78, 5) is 36.6. The number of carbonyl (C=O) groups is 3. The van der Waals surface area contributed by atoms with E-state index in [4.69, 9.17) is 4.74 Å². The van der Waals surface area contributed by atoms with Gasteiger partial charge in [0.1, 0.15) is 0 Å². The monoisotopic (exact) mass is 383 g/mol. The van der Waals surface area contributed by atoms with Gasteiger partial charge in [-0.1, -0.05) is 25.0 Å². The zero-order chi connectivity index (χ0) is 19.9. The first-order valence-corrected chi connectivity index (χ1v) is 9.09. The standard InChI is InChI=1S/C20H21N3O5/c24-18(13-28-20(26)17-11-5-6-12-23(17)27)22-16-10-4-3-9-15(16)19(25)21-14-7-1-2-8-14/h3-6,9-12,14H,1-2,7-8,13H2,(H,21,25)(H,22,24). The fourth-order valence-electron chi connectivity index (χ4n) is 3.10. The first-order valence-electron chi connectivity index (χ1n) is 9.09. The second kappa shape index (κ2) is 8.98. The molecule has 2 amide bonds. The normalized spacial score (nSPS) is 13.7. The van der Waals surface area contributed by atoms with Crippen molar-refractivity contribution in [2.24, 2.45) is 0 Å². The minimum Gasteiger partial charge on any atom is -0.618 e. The number of hydrogen-bond acceptors (Lipinski definition) is 5. The van der Waals surface area contributed by atoms with Crippen molar-refractivity contribution in [3.63, 3.8) is 0 Å². The zero-order valence-corrected chi connectivity index (χ0v) is 15.2. The molecular weight excluding hydrogens is 362 g/mol. The lowest BCUT2D eigenvalue weighted by atomic mass is 10.1. The summed E-state index contributed by atoms with van der Waals surface area (Å²) >= 11 is 0. The molecule has 8 nitrogen and oxygen atoms in total. The highest BCUT2D eigenvalue weighted by Crippen LogP contribution is 2.20. The van der Waals surface area contributed by atoms with Gasteiger partial charge in [-0.2, -0.15) is 4.73 Å². The van der Waals surface area contributed by atoms with E-state index in [2.05, 4.69) is 10.6 Å². The summed E-state index contributed by atoms with van der Waals surface area (Å²) < 4.78 is 5.24. The molecule has 0 aliphatic heterocycles. The molecule has 2 aromatic rings. The molecule has 8 heteroatoms. The van der Waals surface area contributed by atoms with Gasteiger partial charge >= 0.3 is 11.7 Å². The topological polar surface area (TPSA) is 111 Å². The van der Waals surface area contributed by atoms with E-state index in [0.29, 0.717) is 16.0 Å². The summed E-state index contributed by atoms with van der Waals surface area (Å²) in [5.41, 5.74) is 0.457. The average molecular weight is 383 g/mol. The fraction of sp³-hybridized carbons (Fsp3) is 0.300. The predicted molar refractivity (Wildman–Crippen MR) is 100 cm³/mol. The molecule has 2 N–H and O–H groups in total. The van der Waals surface area contributed by atoms with Gasteiger partial charge in [0, 0.05) is 18.2 Å². The van der Waals surface area contributed by atoms with Crippen LogP contribution in [0.2, 0.25) is 0 Å². The third-order valence-electron chi connectivity index (χ3n) is 4.50. The van der Waals surface area contributed by atoms with Gasteiger partial charge in [-0.05, 0) is 31.0 Å². The van der Waals surface area contributed by atoms with Gasteiger partial charge in [0.15, 0.2) is 12.8 Å². The fourth-order valence-corrected chi connectivity index (χ4v) is 3.10. The second-order valence-corrected chi connectivity index (χ2v) is 6.54. The van der Waals surface area contributed by atoms with Gasteiger partial charge in [0.25, 0.3) is 11.8 Å². The maximum Gasteiger partial charge on any atom is 0.405 e. The van der Waals surface area contributed by atoms with Crippen LogP contribution in [0.25, 0.3) is 0 Å². The lowest BCUT2D eigenvalue weighted by Crippen LogP contribution is -2.35. The zero-order valence-electron chi connectivity index (χ0n) is 15.2. The van der Waals surface area contributed by atoms with Crippen LogP contribution in [-0.4, -0.2) is 30.4 Å². The van der Waals surface area contributed by atoms with Crippen LogP contribution < -0.4 is 15.4 Å². The van der Waals surface area contributed by atoms with Crippen molar-refractivity contribution in [2.75, 3.05) is 11.9 Å². The highest BCUT2D eigenvalue weighted by molar-refractivity contribution is 6.04. The Morgan fingerprint density at radius 3 is 2.54 bits per heavy atom. The quantitative estimate of drug-likeness (QED) is 0.449. The summed E-state index contributed by atoms with van der Waals surface area (Å²) in [5, 5.41) is 17.1. The maximum atomic E-state index is 12.5. The van der Waals surface area contributed by atoms with E-state index < -0.39 is 18.5 Å². The Bertz CT molecular complexity index is 878. The molecule has 0 atom stereocenters. The van der Waals surface area contributed by atoms with Crippen molar-refractivity contribution in [3.8, 4) is 0 Å². The number of anilines is 1. The number of pyridine rings is 1. The molecule has 1 aromatic heterocycles. The molecule has 1 fully saturated rings. The van der Waals surface area contributed by atoms with Crippen LogP contribution in [0.5, 0.6) is 0 Å². The van der Waals surface area contributed by atoms with Crippen molar-refractivity contribution in [3.05, 3.63) is 65.1 Å². The van der Waals surface area contributed by atoms with Gasteiger partial charge in [0.2, 0.25) is 0 Å². The molecule has 0 bridgehead atoms. The number of nitrogens with zero attached hydrogens (tertiary/aromatic N) is 1. The lowest BCUT2D eigenvalue weighted by molar-refractivity contribution is -0.608. The number of aromatic nitrogens is 1. The Kier molecular flexibility index (Phi) is 6.21. The average Bonchev–Trinajstić information content (AvgIpc) is 3.20. The van der Waals surface area contributed by atoms with Crippen molar-refractivity contribution in [2.45, 2.75) is 31.7 Å². The van der Waals surface area contributed by atoms with Crippen LogP contribution >= 0.6 is 0 Å². The van der Waals surface area contributed by atoms with Gasteiger partial charge in [0.05, 0.1) is 11.3 Å². The van der Waals surface area contributed by atoms with Crippen LogP contribution in [0.1, 0.15) is 46.5 Å². The SMILES string of the molecule is O=C(COC(=O)c1cccc[n+]1[O-])Nc1ccccc1C(=O)NC1CCCC1. The highest BCUT2D eigenvalue weighted by atomic mass is 16.5. The molecule has 28 heavy (non-hydrogen) atoms. The molecule has 1 aliphatic carbocycles.